The van der Waals surface area contributed by atoms with E-state index in [1.165, 1.54) is 17.4 Å². The van der Waals surface area contributed by atoms with Gasteiger partial charge >= 0.3 is 11.3 Å². The zero-order valence-electron chi connectivity index (χ0n) is 13.1. The summed E-state index contributed by atoms with van der Waals surface area (Å²) in [6.45, 7) is 8.06. The molecule has 1 aromatic carbocycles. The number of nitrogens with one attached hydrogen (secondary N) is 1. The number of benzene rings is 1. The van der Waals surface area contributed by atoms with Crippen LogP contribution in [0.15, 0.2) is 23.6 Å². The van der Waals surface area contributed by atoms with Crippen molar-refractivity contribution >= 4 is 33.8 Å². The van der Waals surface area contributed by atoms with Gasteiger partial charge in [-0.3, -0.25) is 0 Å². The Bertz CT molecular complexity index is 693. The normalized spacial score (nSPS) is 12.0. The molecule has 0 aliphatic rings. The second-order valence-corrected chi connectivity index (χ2v) is 7.27. The summed E-state index contributed by atoms with van der Waals surface area (Å²) in [5, 5.41) is 5.98. The van der Waals surface area contributed by atoms with Crippen molar-refractivity contribution in [2.75, 3.05) is 5.32 Å². The van der Waals surface area contributed by atoms with Crippen LogP contribution in [-0.4, -0.2) is 0 Å². The molecule has 0 amide bonds. The highest BCUT2D eigenvalue weighted by Crippen LogP contribution is 2.35. The minimum Gasteiger partial charge on any atom is -1.00 e. The number of aryl methyl sites for hydroxylation is 1. The van der Waals surface area contributed by atoms with Crippen LogP contribution in [0.25, 0.3) is 0 Å². The highest BCUT2D eigenvalue weighted by molar-refractivity contribution is 7.13. The molecule has 2 rings (SSSR count). The van der Waals surface area contributed by atoms with Crippen molar-refractivity contribution in [1.82, 2.24) is 0 Å². The van der Waals surface area contributed by atoms with Gasteiger partial charge < -0.3 is 24.0 Å². The van der Waals surface area contributed by atoms with Crippen molar-refractivity contribution in [2.45, 2.75) is 39.4 Å². The molecule has 0 aliphatic heterocycles. The van der Waals surface area contributed by atoms with Crippen LogP contribution in [0, 0.1) is 6.92 Å². The molecule has 1 aromatic heterocycles. The minimum atomic E-state index is -4.40. The molecule has 0 saturated heterocycles. The number of hydrogen-bond donors (Lipinski definition) is 1. The Morgan fingerprint density at radius 2 is 1.78 bits per heavy atom. The van der Waals surface area contributed by atoms with E-state index in [0.717, 1.165) is 23.0 Å². The molecule has 0 atom stereocenters. The zero-order valence-corrected chi connectivity index (χ0v) is 16.8. The van der Waals surface area contributed by atoms with Gasteiger partial charge in [-0.25, -0.2) is 9.88 Å². The lowest BCUT2D eigenvalue weighted by Gasteiger charge is -2.18. The van der Waals surface area contributed by atoms with Gasteiger partial charge in [0.15, 0.2) is 0 Å². The van der Waals surface area contributed by atoms with Crippen molar-refractivity contribution in [3.8, 4) is 0 Å². The summed E-state index contributed by atoms with van der Waals surface area (Å²) in [4.78, 5) is 0. The molecule has 0 unspecified atom stereocenters. The van der Waals surface area contributed by atoms with Gasteiger partial charge in [-0.05, 0) is 45.9 Å². The first-order valence-corrected chi connectivity index (χ1v) is 7.90. The van der Waals surface area contributed by atoms with Crippen LogP contribution in [0.3, 0.4) is 0 Å². The SMILES string of the molecule is Cc1csc(Nc2cc(C(F)(F)F)ccc2Cl)[n+]1C(C)(C)C.[I-]. The summed E-state index contributed by atoms with van der Waals surface area (Å²) >= 11 is 7.47. The van der Waals surface area contributed by atoms with Gasteiger partial charge in [-0.15, -0.1) is 0 Å². The highest BCUT2D eigenvalue weighted by Gasteiger charge is 2.32. The highest BCUT2D eigenvalue weighted by atomic mass is 127. The maximum Gasteiger partial charge on any atom is 0.416 e. The number of nitrogens with zero attached hydrogens (tertiary/aromatic N) is 1. The maximum absolute atomic E-state index is 12.8. The van der Waals surface area contributed by atoms with Crippen molar-refractivity contribution in [1.29, 1.82) is 0 Å². The molecule has 23 heavy (non-hydrogen) atoms. The maximum atomic E-state index is 12.8. The summed E-state index contributed by atoms with van der Waals surface area (Å²) in [7, 11) is 0. The third kappa shape index (κ3) is 4.73. The van der Waals surface area contributed by atoms with Gasteiger partial charge in [0.05, 0.1) is 10.6 Å². The molecule has 1 N–H and O–H groups in total. The van der Waals surface area contributed by atoms with E-state index < -0.39 is 11.7 Å². The third-order valence-corrected chi connectivity index (χ3v) is 4.40. The number of rotatable bonds is 2. The average molecular weight is 477 g/mol. The van der Waals surface area contributed by atoms with Crippen molar-refractivity contribution in [2.24, 2.45) is 0 Å². The fraction of sp³-hybridized carbons (Fsp3) is 0.400. The smallest absolute Gasteiger partial charge is 0.416 e. The molecule has 0 fully saturated rings. The Labute approximate surface area is 159 Å². The summed E-state index contributed by atoms with van der Waals surface area (Å²) in [6, 6.07) is 3.27. The number of anilines is 2. The second kappa shape index (κ2) is 7.14. The lowest BCUT2D eigenvalue weighted by molar-refractivity contribution is -0.742. The van der Waals surface area contributed by atoms with Gasteiger partial charge in [-0.2, -0.15) is 13.2 Å². The molecule has 128 valence electrons. The largest absolute Gasteiger partial charge is 1.00 e. The van der Waals surface area contributed by atoms with Gasteiger partial charge in [0.25, 0.3) is 0 Å². The molecule has 0 spiro atoms. The Morgan fingerprint density at radius 3 is 2.30 bits per heavy atom. The first kappa shape index (κ1) is 20.5. The molecule has 2 nitrogen and oxygen atoms in total. The van der Waals surface area contributed by atoms with Gasteiger partial charge in [0.1, 0.15) is 16.9 Å². The number of thiazole rings is 1. The van der Waals surface area contributed by atoms with E-state index in [-0.39, 0.29) is 40.2 Å². The zero-order chi connectivity index (χ0) is 16.7. The van der Waals surface area contributed by atoms with Gasteiger partial charge in [-0.1, -0.05) is 22.9 Å². The van der Waals surface area contributed by atoms with Gasteiger partial charge in [0.2, 0.25) is 0 Å². The molecular formula is C15H17ClF3IN2S. The Morgan fingerprint density at radius 1 is 1.17 bits per heavy atom. The van der Waals surface area contributed by atoms with Crippen LogP contribution in [-0.2, 0) is 11.7 Å². The summed E-state index contributed by atoms with van der Waals surface area (Å²) < 4.78 is 40.5. The number of hydrogen-bond acceptors (Lipinski definition) is 2. The molecule has 0 aliphatic carbocycles. The van der Waals surface area contributed by atoms with E-state index in [2.05, 4.69) is 5.32 Å². The first-order chi connectivity index (χ1) is 10.00. The summed E-state index contributed by atoms with van der Waals surface area (Å²) in [6.07, 6.45) is -4.40. The van der Waals surface area contributed by atoms with Crippen LogP contribution in [0.1, 0.15) is 32.0 Å². The fourth-order valence-corrected chi connectivity index (χ4v) is 3.48. The van der Waals surface area contributed by atoms with Crippen LogP contribution >= 0.6 is 22.9 Å². The number of halogens is 5. The molecule has 1 heterocycles. The van der Waals surface area contributed by atoms with Gasteiger partial charge in [0, 0.05) is 5.38 Å². The van der Waals surface area contributed by atoms with E-state index in [9.17, 15) is 13.2 Å². The van der Waals surface area contributed by atoms with Crippen LogP contribution in [0.4, 0.5) is 24.0 Å². The van der Waals surface area contributed by atoms with Crippen LogP contribution in [0.5, 0.6) is 0 Å². The second-order valence-electron chi connectivity index (χ2n) is 6.01. The molecule has 8 heteroatoms. The van der Waals surface area contributed by atoms with Crippen molar-refractivity contribution in [3.63, 3.8) is 0 Å². The molecule has 0 saturated carbocycles. The molecular weight excluding hydrogens is 460 g/mol. The first-order valence-electron chi connectivity index (χ1n) is 6.64. The number of aromatic nitrogens is 1. The van der Waals surface area contributed by atoms with E-state index >= 15 is 0 Å². The van der Waals surface area contributed by atoms with Crippen molar-refractivity contribution in [3.05, 3.63) is 39.9 Å². The van der Waals surface area contributed by atoms with Crippen LogP contribution in [0.2, 0.25) is 5.02 Å². The quantitative estimate of drug-likeness (QED) is 0.520. The predicted molar refractivity (Wildman–Crippen MR) is 84.0 cm³/mol. The monoisotopic (exact) mass is 476 g/mol. The molecule has 2 aromatic rings. The fourth-order valence-electron chi connectivity index (χ4n) is 2.24. The number of alkyl halides is 3. The lowest BCUT2D eigenvalue weighted by atomic mass is 10.1. The van der Waals surface area contributed by atoms with E-state index in [1.807, 2.05) is 37.6 Å². The predicted octanol–water partition coefficient (Wildman–Crippen LogP) is 2.52. The minimum absolute atomic E-state index is 0. The Balaban J connectivity index is 0.00000264. The Hall–Kier alpha value is -0.540. The third-order valence-electron chi connectivity index (χ3n) is 3.10. The van der Waals surface area contributed by atoms with E-state index in [4.69, 9.17) is 11.6 Å². The molecule has 0 bridgehead atoms. The summed E-state index contributed by atoms with van der Waals surface area (Å²) in [5.74, 6) is 0. The van der Waals surface area contributed by atoms with Crippen molar-refractivity contribution < 1.29 is 41.7 Å². The van der Waals surface area contributed by atoms with Crippen LogP contribution < -0.4 is 33.9 Å². The topological polar surface area (TPSA) is 15.9 Å². The van der Waals surface area contributed by atoms with E-state index in [0.29, 0.717) is 0 Å². The summed E-state index contributed by atoms with van der Waals surface area (Å²) in [5.41, 5.74) is 0.356. The van der Waals surface area contributed by atoms with E-state index in [1.54, 1.807) is 0 Å². The standard InChI is InChI=1S/C15H16ClF3N2S.HI/c1-9-8-22-13(21(9)14(2,3)4)20-12-7-10(15(17,18)19)5-6-11(12)16;/h5-8H,1-4H3;1H. The lowest BCUT2D eigenvalue weighted by Crippen LogP contribution is -3.00. The Kier molecular flexibility index (Phi) is 6.37. The average Bonchev–Trinajstić information content (AvgIpc) is 2.71. The molecule has 0 radical (unpaired) electrons.